The summed E-state index contributed by atoms with van der Waals surface area (Å²) in [5.74, 6) is -35.4. The number of benzene rings is 2. The van der Waals surface area contributed by atoms with Gasteiger partial charge in [0.1, 0.15) is 6.04 Å². The number of carbonyl (C=O) groups excluding carboxylic acids is 6. The fourth-order valence-corrected chi connectivity index (χ4v) is 4.01. The van der Waals surface area contributed by atoms with E-state index in [0.29, 0.717) is 17.9 Å². The number of carbonyl (C=O) groups is 9. The van der Waals surface area contributed by atoms with Crippen LogP contribution in [0, 0.1) is 58.2 Å². The van der Waals surface area contributed by atoms with E-state index in [0.717, 1.165) is 23.5 Å². The Morgan fingerprint density at radius 1 is 0.567 bits per heavy atom. The quantitative estimate of drug-likeness (QED) is 0.0277. The minimum atomic E-state index is -5.65. The molecular formula is C35H36F13NO15S3. The van der Waals surface area contributed by atoms with Gasteiger partial charge < -0.3 is 35.3 Å². The van der Waals surface area contributed by atoms with Crippen LogP contribution in [-0.4, -0.2) is 96.8 Å². The summed E-state index contributed by atoms with van der Waals surface area (Å²) in [4.78, 5) is 91.0. The lowest BCUT2D eigenvalue weighted by Crippen LogP contribution is -2.29. The summed E-state index contributed by atoms with van der Waals surface area (Å²) < 4.78 is 174. The molecule has 0 aliphatic carbocycles. The highest BCUT2D eigenvalue weighted by atomic mass is 32.2. The Bertz CT molecular complexity index is 1980. The van der Waals surface area contributed by atoms with Crippen molar-refractivity contribution in [2.24, 2.45) is 5.73 Å². The maximum Gasteiger partial charge on any atom is 0.491 e. The Kier molecular flexibility index (Phi) is 35.1. The van der Waals surface area contributed by atoms with E-state index in [1.165, 1.54) is 27.7 Å². The van der Waals surface area contributed by atoms with Crippen molar-refractivity contribution in [3.8, 4) is 11.5 Å². The number of alkyl halides is 3. The van der Waals surface area contributed by atoms with Crippen molar-refractivity contribution >= 4 is 88.2 Å². The van der Waals surface area contributed by atoms with E-state index < -0.39 is 130 Å². The zero-order valence-corrected chi connectivity index (χ0v) is 37.0. The highest BCUT2D eigenvalue weighted by molar-refractivity contribution is 8.13. The number of thiol groups is 1. The van der Waals surface area contributed by atoms with Gasteiger partial charge in [-0.15, -0.1) is 0 Å². The second-order valence-corrected chi connectivity index (χ2v) is 14.0. The number of carboxylic acids is 3. The van der Waals surface area contributed by atoms with Gasteiger partial charge in [0.15, 0.2) is 10.2 Å². The van der Waals surface area contributed by atoms with E-state index in [-0.39, 0.29) is 28.8 Å². The van der Waals surface area contributed by atoms with Gasteiger partial charge in [-0.25, -0.2) is 31.1 Å². The smallest absolute Gasteiger partial charge is 0.481 e. The Morgan fingerprint density at radius 3 is 1.09 bits per heavy atom. The molecule has 1 atom stereocenters. The van der Waals surface area contributed by atoms with Crippen molar-refractivity contribution in [3.63, 3.8) is 0 Å². The molecule has 0 aromatic heterocycles. The highest BCUT2D eigenvalue weighted by Crippen LogP contribution is 2.31. The first-order valence-corrected chi connectivity index (χ1v) is 19.6. The normalized spacial score (nSPS) is 10.4. The van der Waals surface area contributed by atoms with Gasteiger partial charge in [-0.2, -0.15) is 43.4 Å². The van der Waals surface area contributed by atoms with Crippen LogP contribution in [0.1, 0.15) is 60.3 Å². The lowest BCUT2D eigenvalue weighted by Gasteiger charge is -2.09. The first-order valence-electron chi connectivity index (χ1n) is 17.0. The topological polar surface area (TPSA) is 268 Å². The Morgan fingerprint density at radius 2 is 0.881 bits per heavy atom. The number of carboxylic acid groups (broad SMARTS) is 3. The van der Waals surface area contributed by atoms with Gasteiger partial charge >= 0.3 is 48.0 Å². The number of thioether (sulfide) groups is 2. The third-order valence-corrected chi connectivity index (χ3v) is 7.44. The van der Waals surface area contributed by atoms with Crippen molar-refractivity contribution in [3.05, 3.63) is 58.2 Å². The molecule has 0 saturated carbocycles. The zero-order valence-electron chi connectivity index (χ0n) is 34.5. The van der Waals surface area contributed by atoms with Crippen LogP contribution in [-0.2, 0) is 47.9 Å². The fourth-order valence-electron chi connectivity index (χ4n) is 2.70. The Hall–Kier alpha value is -5.63. The molecule has 0 aliphatic heterocycles. The molecule has 0 unspecified atom stereocenters. The summed E-state index contributed by atoms with van der Waals surface area (Å²) in [6, 6.07) is -0.681. The molecule has 0 amide bonds. The van der Waals surface area contributed by atoms with Gasteiger partial charge in [-0.1, -0.05) is 30.4 Å². The average molecular weight is 1050 g/mol. The van der Waals surface area contributed by atoms with Gasteiger partial charge in [0.2, 0.25) is 69.7 Å². The molecule has 0 aliphatic rings. The first-order chi connectivity index (χ1) is 30.5. The van der Waals surface area contributed by atoms with Crippen molar-refractivity contribution in [1.29, 1.82) is 0 Å². The third-order valence-electron chi connectivity index (χ3n) is 5.58. The molecule has 16 nitrogen and oxygen atoms in total. The van der Waals surface area contributed by atoms with E-state index in [1.54, 1.807) is 6.92 Å². The van der Waals surface area contributed by atoms with Crippen LogP contribution < -0.4 is 15.2 Å². The summed E-state index contributed by atoms with van der Waals surface area (Å²) in [5, 5.41) is 23.7. The van der Waals surface area contributed by atoms with Crippen LogP contribution in [0.4, 0.5) is 57.1 Å². The van der Waals surface area contributed by atoms with Crippen LogP contribution in [0.5, 0.6) is 11.5 Å². The fraction of sp³-hybridized carbons (Fsp3) is 0.400. The number of ether oxygens (including phenoxy) is 3. The number of hydrogen-bond donors (Lipinski definition) is 5. The van der Waals surface area contributed by atoms with Crippen LogP contribution in [0.2, 0.25) is 0 Å². The van der Waals surface area contributed by atoms with Gasteiger partial charge in [-0.05, 0) is 6.42 Å². The van der Waals surface area contributed by atoms with Crippen LogP contribution in [0.15, 0.2) is 0 Å². The summed E-state index contributed by atoms with van der Waals surface area (Å²) in [6.07, 6.45) is -5.37. The van der Waals surface area contributed by atoms with Crippen molar-refractivity contribution in [2.75, 3.05) is 17.3 Å². The summed E-state index contributed by atoms with van der Waals surface area (Å²) in [6.45, 7) is 6.76. The first kappa shape index (κ1) is 68.0. The highest BCUT2D eigenvalue weighted by Gasteiger charge is 2.43. The van der Waals surface area contributed by atoms with Gasteiger partial charge in [0.25, 0.3) is 0 Å². The van der Waals surface area contributed by atoms with Crippen LogP contribution in [0.25, 0.3) is 0 Å². The molecule has 67 heavy (non-hydrogen) atoms. The molecule has 0 spiro atoms. The lowest BCUT2D eigenvalue weighted by molar-refractivity contribution is -0.190. The Labute approximate surface area is 382 Å². The van der Waals surface area contributed by atoms with Crippen molar-refractivity contribution < 1.29 is 130 Å². The minimum absolute atomic E-state index is 0.0312. The Balaban J connectivity index is -0.000000382. The molecule has 0 radical (unpaired) electrons. The molecule has 32 heteroatoms. The summed E-state index contributed by atoms with van der Waals surface area (Å²) >= 11 is 5.47. The van der Waals surface area contributed by atoms with Crippen LogP contribution >= 0.6 is 36.2 Å². The number of aliphatic carboxylic acids is 3. The van der Waals surface area contributed by atoms with Crippen molar-refractivity contribution in [2.45, 2.75) is 72.5 Å². The molecule has 0 heterocycles. The predicted octanol–water partition coefficient (Wildman–Crippen LogP) is 6.84. The largest absolute Gasteiger partial charge is 0.491 e. The lowest BCUT2D eigenvalue weighted by atomic mass is 10.2. The molecule has 0 saturated heterocycles. The van der Waals surface area contributed by atoms with Crippen LogP contribution in [0.3, 0.4) is 0 Å². The van der Waals surface area contributed by atoms with Crippen molar-refractivity contribution in [1.82, 2.24) is 0 Å². The number of esters is 4. The molecule has 0 bridgehead atoms. The van der Waals surface area contributed by atoms with E-state index in [4.69, 9.17) is 21.1 Å². The van der Waals surface area contributed by atoms with E-state index in [2.05, 4.69) is 26.8 Å². The summed E-state index contributed by atoms with van der Waals surface area (Å²) in [5.41, 5.74) is 5.02. The minimum Gasteiger partial charge on any atom is -0.481 e. The molecule has 0 fully saturated rings. The maximum absolute atomic E-state index is 13.2. The van der Waals surface area contributed by atoms with E-state index in [9.17, 15) is 100 Å². The second-order valence-electron chi connectivity index (χ2n) is 11.0. The maximum atomic E-state index is 13.2. The predicted molar refractivity (Wildman–Crippen MR) is 207 cm³/mol. The molecule has 2 aromatic rings. The zero-order chi connectivity index (χ0) is 53.7. The SMILES string of the molecule is CC(=O)OC(C)=O.CC(=O)SCCC(=O)O.CC(=O)SCCC(=O)Oc1c(F)c(F)c(F)c(F)c1F.CC[C@H](N)C(=O)O.O=C(O)CCS.O=C(Oc1c(F)c(F)c(F)c(F)c1F)C(F)(F)F. The van der Waals surface area contributed by atoms with Gasteiger partial charge in [0.05, 0.1) is 19.3 Å². The second kappa shape index (κ2) is 34.6. The van der Waals surface area contributed by atoms with Gasteiger partial charge in [0, 0.05) is 45.0 Å². The molecule has 2 rings (SSSR count). The van der Waals surface area contributed by atoms with Gasteiger partial charge in [-0.3, -0.25) is 38.4 Å². The molecule has 5 N–H and O–H groups in total. The van der Waals surface area contributed by atoms with E-state index >= 15 is 0 Å². The number of halogens is 13. The monoisotopic (exact) mass is 1050 g/mol. The average Bonchev–Trinajstić information content (AvgIpc) is 3.20. The standard InChI is InChI=1S/C11H7F5O3S.C8F8O2.C5H8O3S.C4H9NO2.C4H6O3.C3H6O2S/c1-4(17)20-3-2-5(18)19-11-9(15)7(13)6(12)8(14)10(11)16;9-1-2(10)4(12)6(5(13)3(1)11)18-7(17)8(14,15)16;1-4(6)9-3-2-5(7)8;1-2-3(5)4(6)7;1-3(5)7-4(2)6;4-3(5)1-2-6/h2-3H2,1H3;;2-3H2,1H3,(H,7,8);3H,2,5H2,1H3,(H,6,7);1-2H3;6H,1-2H2,(H,4,5)/t;;;3-;;/m...0../s1. The third kappa shape index (κ3) is 31.1. The summed E-state index contributed by atoms with van der Waals surface area (Å²) in [7, 11) is 0. The molecule has 380 valence electrons. The number of rotatable bonds is 12. The number of nitrogens with two attached hydrogens (primary N) is 1. The number of hydrogen-bond acceptors (Lipinski definition) is 16. The molecule has 2 aromatic carbocycles. The molecular weight excluding hydrogens is 1020 g/mol. The van der Waals surface area contributed by atoms with E-state index in [1.807, 2.05) is 0 Å².